The number of hydrogen-bond acceptors (Lipinski definition) is 4. The van der Waals surface area contributed by atoms with Crippen LogP contribution in [0.1, 0.15) is 5.56 Å². The number of aryl methyl sites for hydroxylation is 1. The van der Waals surface area contributed by atoms with E-state index in [0.29, 0.717) is 0 Å². The molecular formula is C7H9Br2NO6S. The van der Waals surface area contributed by atoms with Gasteiger partial charge in [-0.1, -0.05) is 17.7 Å². The second-order valence-corrected chi connectivity index (χ2v) is 3.44. The molecule has 10 heteroatoms. The summed E-state index contributed by atoms with van der Waals surface area (Å²) in [4.78, 5) is 9.71. The highest BCUT2D eigenvalue weighted by atomic mass is 80.9. The Bertz CT molecular complexity index is 424. The van der Waals surface area contributed by atoms with Crippen molar-refractivity contribution >= 4 is 44.3 Å². The fraction of sp³-hybridized carbons (Fsp3) is 0.143. The Labute approximate surface area is 113 Å². The summed E-state index contributed by atoms with van der Waals surface area (Å²) in [5.74, 6) is 0. The number of nitro groups is 1. The van der Waals surface area contributed by atoms with Crippen LogP contribution in [-0.4, -0.2) is 22.4 Å². The highest BCUT2D eigenvalue weighted by Gasteiger charge is 2.00. The van der Waals surface area contributed by atoms with Crippen LogP contribution < -0.4 is 0 Å². The van der Waals surface area contributed by atoms with Crippen LogP contribution >= 0.6 is 28.3 Å². The third-order valence-electron chi connectivity index (χ3n) is 1.24. The van der Waals surface area contributed by atoms with Crippen LogP contribution in [0.4, 0.5) is 5.69 Å². The third-order valence-corrected chi connectivity index (χ3v) is 1.24. The lowest BCUT2D eigenvalue weighted by Crippen LogP contribution is -1.89. The van der Waals surface area contributed by atoms with E-state index < -0.39 is 15.3 Å². The van der Waals surface area contributed by atoms with Gasteiger partial charge in [0, 0.05) is 40.4 Å². The number of non-ortho nitro benzene ring substituents is 1. The Kier molecular flexibility index (Phi) is 10.5. The second-order valence-electron chi connectivity index (χ2n) is 2.54. The first kappa shape index (κ1) is 18.8. The first-order valence-corrected chi connectivity index (χ1v) is 8.86. The molecule has 0 unspecified atom stereocenters. The van der Waals surface area contributed by atoms with E-state index in [1.807, 2.05) is 6.92 Å². The zero-order valence-electron chi connectivity index (χ0n) is 8.45. The van der Waals surface area contributed by atoms with Gasteiger partial charge in [0.15, 0.2) is 0 Å². The predicted molar refractivity (Wildman–Crippen MR) is 69.9 cm³/mol. The fourth-order valence-corrected chi connectivity index (χ4v) is 0.666. The van der Waals surface area contributed by atoms with Gasteiger partial charge in [-0.25, -0.2) is 0 Å². The van der Waals surface area contributed by atoms with Crippen LogP contribution in [0.5, 0.6) is 0 Å². The highest BCUT2D eigenvalue weighted by Crippen LogP contribution is 2.10. The van der Waals surface area contributed by atoms with Gasteiger partial charge < -0.3 is 0 Å². The van der Waals surface area contributed by atoms with Gasteiger partial charge in [0.1, 0.15) is 0 Å². The molecule has 0 aromatic heterocycles. The number of rotatable bonds is 1. The molecule has 0 spiro atoms. The van der Waals surface area contributed by atoms with Crippen LogP contribution in [0.2, 0.25) is 0 Å². The lowest BCUT2D eigenvalue weighted by Gasteiger charge is -1.90. The number of halogens is 2. The maximum Gasteiger partial charge on any atom is 0.394 e. The van der Waals surface area contributed by atoms with Gasteiger partial charge >= 0.3 is 10.4 Å². The van der Waals surface area contributed by atoms with Crippen molar-refractivity contribution in [3.05, 3.63) is 39.9 Å². The SMILES string of the molecule is BrBr.Cc1ccc([N+](=O)[O-])cc1.O=S(=O)(O)O. The fourth-order valence-electron chi connectivity index (χ4n) is 0.666. The zero-order chi connectivity index (χ0) is 14.1. The molecule has 17 heavy (non-hydrogen) atoms. The average molecular weight is 395 g/mol. The Balaban J connectivity index is 0. The van der Waals surface area contributed by atoms with Gasteiger partial charge in [-0.2, -0.15) is 8.42 Å². The summed E-state index contributed by atoms with van der Waals surface area (Å²) in [6, 6.07) is 6.43. The van der Waals surface area contributed by atoms with E-state index in [4.69, 9.17) is 17.5 Å². The Morgan fingerprint density at radius 1 is 1.18 bits per heavy atom. The molecule has 0 aliphatic heterocycles. The van der Waals surface area contributed by atoms with Crippen LogP contribution in [0.3, 0.4) is 0 Å². The van der Waals surface area contributed by atoms with Crippen molar-refractivity contribution in [2.75, 3.05) is 0 Å². The minimum Gasteiger partial charge on any atom is -0.264 e. The monoisotopic (exact) mass is 393 g/mol. The van der Waals surface area contributed by atoms with E-state index >= 15 is 0 Å². The lowest BCUT2D eigenvalue weighted by atomic mass is 10.2. The largest absolute Gasteiger partial charge is 0.394 e. The molecule has 0 atom stereocenters. The van der Waals surface area contributed by atoms with Crippen molar-refractivity contribution in [1.29, 1.82) is 0 Å². The molecule has 0 aliphatic carbocycles. The number of nitro benzene ring substituents is 1. The number of nitrogens with zero attached hydrogens (tertiary/aromatic N) is 1. The molecule has 0 fully saturated rings. The van der Waals surface area contributed by atoms with Gasteiger partial charge in [0.2, 0.25) is 0 Å². The lowest BCUT2D eigenvalue weighted by molar-refractivity contribution is -0.384. The molecule has 2 N–H and O–H groups in total. The Hall–Kier alpha value is -0.550. The first-order valence-electron chi connectivity index (χ1n) is 3.75. The molecule has 0 radical (unpaired) electrons. The molecule has 7 nitrogen and oxygen atoms in total. The topological polar surface area (TPSA) is 118 Å². The molecule has 0 saturated heterocycles. The van der Waals surface area contributed by atoms with E-state index in [2.05, 4.69) is 28.3 Å². The van der Waals surface area contributed by atoms with Crippen molar-refractivity contribution < 1.29 is 22.4 Å². The van der Waals surface area contributed by atoms with Gasteiger partial charge in [-0.05, 0) is 6.92 Å². The van der Waals surface area contributed by atoms with E-state index in [9.17, 15) is 10.1 Å². The third kappa shape index (κ3) is 15.4. The Morgan fingerprint density at radius 3 is 1.71 bits per heavy atom. The highest BCUT2D eigenvalue weighted by molar-refractivity contribution is 9.93. The zero-order valence-corrected chi connectivity index (χ0v) is 12.4. The number of benzene rings is 1. The second kappa shape index (κ2) is 9.48. The van der Waals surface area contributed by atoms with Crippen molar-refractivity contribution in [3.8, 4) is 0 Å². The van der Waals surface area contributed by atoms with Crippen LogP contribution in [-0.2, 0) is 10.4 Å². The molecular weight excluding hydrogens is 386 g/mol. The quantitative estimate of drug-likeness (QED) is 0.429. The molecule has 0 heterocycles. The predicted octanol–water partition coefficient (Wildman–Crippen LogP) is 2.94. The van der Waals surface area contributed by atoms with Crippen LogP contribution in [0.25, 0.3) is 0 Å². The normalized spacial score (nSPS) is 9.24. The van der Waals surface area contributed by atoms with Crippen LogP contribution in [0.15, 0.2) is 24.3 Å². The standard InChI is InChI=1S/C7H7NO2.Br2.H2O4S/c1-6-2-4-7(5-3-6)8(9)10;1-2;1-5(2,3)4/h2-5H,1H3;;(H2,1,2,3,4). The molecule has 1 aromatic rings. The van der Waals surface area contributed by atoms with E-state index in [0.717, 1.165) is 5.56 Å². The summed E-state index contributed by atoms with van der Waals surface area (Å²) in [5, 5.41) is 10.1. The maximum absolute atomic E-state index is 10.1. The van der Waals surface area contributed by atoms with Crippen molar-refractivity contribution in [2.24, 2.45) is 0 Å². The summed E-state index contributed by atoms with van der Waals surface area (Å²) in [5.41, 5.74) is 1.18. The molecule has 1 rings (SSSR count). The van der Waals surface area contributed by atoms with Crippen LogP contribution in [0, 0.1) is 17.0 Å². The first-order chi connectivity index (χ1) is 7.70. The smallest absolute Gasteiger partial charge is 0.264 e. The van der Waals surface area contributed by atoms with Crippen molar-refractivity contribution in [2.45, 2.75) is 6.92 Å². The molecule has 0 amide bonds. The van der Waals surface area contributed by atoms with Gasteiger partial charge in [0.25, 0.3) is 5.69 Å². The Morgan fingerprint density at radius 2 is 1.47 bits per heavy atom. The van der Waals surface area contributed by atoms with E-state index in [-0.39, 0.29) is 5.69 Å². The summed E-state index contributed by atoms with van der Waals surface area (Å²) in [6.07, 6.45) is 0. The van der Waals surface area contributed by atoms with Crippen molar-refractivity contribution in [1.82, 2.24) is 0 Å². The summed E-state index contributed by atoms with van der Waals surface area (Å²) < 4.78 is 31.6. The number of hydrogen-bond donors (Lipinski definition) is 2. The maximum atomic E-state index is 10.1. The minimum atomic E-state index is -4.67. The summed E-state index contributed by atoms with van der Waals surface area (Å²) >= 11 is 5.50. The van der Waals surface area contributed by atoms with E-state index in [1.165, 1.54) is 12.1 Å². The van der Waals surface area contributed by atoms with Gasteiger partial charge in [-0.15, -0.1) is 0 Å². The van der Waals surface area contributed by atoms with Gasteiger partial charge in [0.05, 0.1) is 4.92 Å². The molecule has 0 saturated carbocycles. The molecule has 1 aromatic carbocycles. The summed E-state index contributed by atoms with van der Waals surface area (Å²) in [7, 11) is -4.67. The molecule has 98 valence electrons. The summed E-state index contributed by atoms with van der Waals surface area (Å²) in [6.45, 7) is 1.89. The molecule has 0 aliphatic rings. The van der Waals surface area contributed by atoms with E-state index in [1.54, 1.807) is 12.1 Å². The molecule has 0 bridgehead atoms. The van der Waals surface area contributed by atoms with Gasteiger partial charge in [-0.3, -0.25) is 19.2 Å². The van der Waals surface area contributed by atoms with Crippen molar-refractivity contribution in [3.63, 3.8) is 0 Å². The average Bonchev–Trinajstić information content (AvgIpc) is 2.19. The minimum absolute atomic E-state index is 0.144.